The zero-order valence-electron chi connectivity index (χ0n) is 13.0. The van der Waals surface area contributed by atoms with Gasteiger partial charge < -0.3 is 14.8 Å². The van der Waals surface area contributed by atoms with Gasteiger partial charge in [-0.05, 0) is 42.8 Å². The quantitative estimate of drug-likeness (QED) is 0.880. The zero-order chi connectivity index (χ0) is 17.0. The average molecular weight is 317 g/mol. The first kappa shape index (κ1) is 16.5. The van der Waals surface area contributed by atoms with Crippen LogP contribution in [0.5, 0.6) is 5.75 Å². The lowest BCUT2D eigenvalue weighted by Gasteiger charge is -2.12. The first-order chi connectivity index (χ1) is 11.0. The first-order valence-corrected chi connectivity index (χ1v) is 6.80. The average Bonchev–Trinajstić information content (AvgIpc) is 2.56. The fraction of sp³-hybridized carbons (Fsp3) is 0.176. The summed E-state index contributed by atoms with van der Waals surface area (Å²) in [6.07, 6.45) is 0. The summed E-state index contributed by atoms with van der Waals surface area (Å²) in [7, 11) is 2.67. The van der Waals surface area contributed by atoms with E-state index < -0.39 is 17.7 Å². The van der Waals surface area contributed by atoms with Crippen LogP contribution in [0.1, 0.15) is 26.3 Å². The molecule has 0 aliphatic heterocycles. The number of nitrogens with one attached hydrogen (secondary N) is 1. The van der Waals surface area contributed by atoms with Gasteiger partial charge in [-0.2, -0.15) is 0 Å². The molecule has 5 nitrogen and oxygen atoms in total. The largest absolute Gasteiger partial charge is 0.496 e. The lowest BCUT2D eigenvalue weighted by atomic mass is 10.1. The molecule has 0 fully saturated rings. The Morgan fingerprint density at radius 3 is 2.48 bits per heavy atom. The van der Waals surface area contributed by atoms with E-state index in [0.29, 0.717) is 11.3 Å². The van der Waals surface area contributed by atoms with Gasteiger partial charge in [0.05, 0.1) is 25.3 Å². The van der Waals surface area contributed by atoms with Crippen molar-refractivity contribution in [1.29, 1.82) is 0 Å². The highest BCUT2D eigenvalue weighted by Crippen LogP contribution is 2.23. The van der Waals surface area contributed by atoms with Crippen LogP contribution in [-0.2, 0) is 4.74 Å². The van der Waals surface area contributed by atoms with E-state index in [-0.39, 0.29) is 11.3 Å². The Bertz CT molecular complexity index is 758. The summed E-state index contributed by atoms with van der Waals surface area (Å²) in [6, 6.07) is 8.46. The molecule has 0 radical (unpaired) electrons. The number of amides is 1. The Kier molecular flexibility index (Phi) is 4.95. The molecule has 23 heavy (non-hydrogen) atoms. The summed E-state index contributed by atoms with van der Waals surface area (Å²) >= 11 is 0. The van der Waals surface area contributed by atoms with Crippen LogP contribution in [0.15, 0.2) is 36.4 Å². The van der Waals surface area contributed by atoms with Crippen LogP contribution < -0.4 is 10.1 Å². The van der Waals surface area contributed by atoms with Crippen molar-refractivity contribution in [3.63, 3.8) is 0 Å². The number of carbonyl (C=O) groups is 2. The number of halogens is 1. The molecule has 1 N–H and O–H groups in total. The highest BCUT2D eigenvalue weighted by Gasteiger charge is 2.16. The van der Waals surface area contributed by atoms with Crippen LogP contribution in [-0.4, -0.2) is 26.1 Å². The monoisotopic (exact) mass is 317 g/mol. The second-order valence-electron chi connectivity index (χ2n) is 4.82. The van der Waals surface area contributed by atoms with Gasteiger partial charge in [0, 0.05) is 5.69 Å². The highest BCUT2D eigenvalue weighted by molar-refractivity contribution is 6.07. The summed E-state index contributed by atoms with van der Waals surface area (Å²) in [6.45, 7) is 1.78. The van der Waals surface area contributed by atoms with Gasteiger partial charge >= 0.3 is 5.97 Å². The van der Waals surface area contributed by atoms with Crippen molar-refractivity contribution >= 4 is 17.6 Å². The number of hydrogen-bond donors (Lipinski definition) is 1. The second-order valence-corrected chi connectivity index (χ2v) is 4.82. The summed E-state index contributed by atoms with van der Waals surface area (Å²) in [5.41, 5.74) is 1.56. The van der Waals surface area contributed by atoms with Crippen molar-refractivity contribution in [2.45, 2.75) is 6.92 Å². The molecule has 0 aliphatic rings. The third kappa shape index (κ3) is 3.66. The minimum atomic E-state index is -0.545. The molecular formula is C17H16FNO4. The molecule has 0 heterocycles. The molecule has 0 unspecified atom stereocenters. The number of rotatable bonds is 4. The number of benzene rings is 2. The van der Waals surface area contributed by atoms with Gasteiger partial charge in [-0.1, -0.05) is 6.07 Å². The molecule has 2 aromatic carbocycles. The van der Waals surface area contributed by atoms with Crippen LogP contribution in [0.4, 0.5) is 10.1 Å². The van der Waals surface area contributed by atoms with Crippen LogP contribution >= 0.6 is 0 Å². The van der Waals surface area contributed by atoms with E-state index in [4.69, 9.17) is 4.74 Å². The number of aryl methyl sites for hydroxylation is 1. The Morgan fingerprint density at radius 1 is 1.09 bits per heavy atom. The summed E-state index contributed by atoms with van der Waals surface area (Å²) in [5.74, 6) is -1.34. The molecule has 0 aliphatic carbocycles. The maximum Gasteiger partial charge on any atom is 0.337 e. The fourth-order valence-electron chi connectivity index (χ4n) is 2.05. The van der Waals surface area contributed by atoms with Gasteiger partial charge in [0.2, 0.25) is 0 Å². The van der Waals surface area contributed by atoms with Crippen LogP contribution in [0, 0.1) is 12.7 Å². The molecule has 2 rings (SSSR count). The maximum absolute atomic E-state index is 13.4. The van der Waals surface area contributed by atoms with Crippen molar-refractivity contribution in [2.24, 2.45) is 0 Å². The predicted octanol–water partition coefficient (Wildman–Crippen LogP) is 3.18. The maximum atomic E-state index is 13.4. The normalized spacial score (nSPS) is 10.1. The first-order valence-electron chi connectivity index (χ1n) is 6.80. The molecule has 2 aromatic rings. The molecular weight excluding hydrogens is 301 g/mol. The number of hydrogen-bond acceptors (Lipinski definition) is 4. The van der Waals surface area contributed by atoms with Crippen molar-refractivity contribution in [1.82, 2.24) is 0 Å². The van der Waals surface area contributed by atoms with E-state index in [9.17, 15) is 14.0 Å². The van der Waals surface area contributed by atoms with Crippen molar-refractivity contribution in [3.05, 3.63) is 58.9 Å². The molecule has 0 saturated carbocycles. The van der Waals surface area contributed by atoms with Crippen LogP contribution in [0.2, 0.25) is 0 Å². The lowest BCUT2D eigenvalue weighted by molar-refractivity contribution is 0.0600. The van der Waals surface area contributed by atoms with Gasteiger partial charge in [0.25, 0.3) is 5.91 Å². The molecule has 0 aromatic heterocycles. The molecule has 0 saturated heterocycles. The lowest BCUT2D eigenvalue weighted by Crippen LogP contribution is -2.15. The number of methoxy groups -OCH3 is 2. The Labute approximate surface area is 133 Å². The van der Waals surface area contributed by atoms with E-state index >= 15 is 0 Å². The van der Waals surface area contributed by atoms with Gasteiger partial charge in [-0.25, -0.2) is 9.18 Å². The fourth-order valence-corrected chi connectivity index (χ4v) is 2.05. The van der Waals surface area contributed by atoms with E-state index in [2.05, 4.69) is 10.1 Å². The minimum Gasteiger partial charge on any atom is -0.496 e. The Balaban J connectivity index is 2.34. The smallest absolute Gasteiger partial charge is 0.337 e. The van der Waals surface area contributed by atoms with Gasteiger partial charge in [-0.15, -0.1) is 0 Å². The standard InChI is InChI=1S/C17H16FNO4/c1-10-4-5-11(17(21)23-3)8-14(10)19-16(20)13-9-12(18)6-7-15(13)22-2/h4-9H,1-3H3,(H,19,20). The minimum absolute atomic E-state index is 0.0652. The summed E-state index contributed by atoms with van der Waals surface area (Å²) < 4.78 is 23.1. The van der Waals surface area contributed by atoms with Gasteiger partial charge in [0.1, 0.15) is 11.6 Å². The summed E-state index contributed by atoms with van der Waals surface area (Å²) in [5, 5.41) is 2.65. The van der Waals surface area contributed by atoms with Crippen molar-refractivity contribution in [2.75, 3.05) is 19.5 Å². The van der Waals surface area contributed by atoms with E-state index in [0.717, 1.165) is 11.6 Å². The van der Waals surface area contributed by atoms with E-state index in [1.54, 1.807) is 19.1 Å². The molecule has 1 amide bonds. The van der Waals surface area contributed by atoms with Crippen molar-refractivity contribution in [3.8, 4) is 5.75 Å². The number of ether oxygens (including phenoxy) is 2. The Morgan fingerprint density at radius 2 is 1.83 bits per heavy atom. The van der Waals surface area contributed by atoms with Crippen LogP contribution in [0.3, 0.4) is 0 Å². The second kappa shape index (κ2) is 6.91. The highest BCUT2D eigenvalue weighted by atomic mass is 19.1. The van der Waals surface area contributed by atoms with E-state index in [1.165, 1.54) is 32.4 Å². The predicted molar refractivity (Wildman–Crippen MR) is 83.4 cm³/mol. The van der Waals surface area contributed by atoms with Gasteiger partial charge in [0.15, 0.2) is 0 Å². The topological polar surface area (TPSA) is 64.6 Å². The molecule has 0 spiro atoms. The van der Waals surface area contributed by atoms with E-state index in [1.807, 2.05) is 0 Å². The molecule has 0 atom stereocenters. The SMILES string of the molecule is COC(=O)c1ccc(C)c(NC(=O)c2cc(F)ccc2OC)c1. The number of carbonyl (C=O) groups excluding carboxylic acids is 2. The molecule has 120 valence electrons. The van der Waals surface area contributed by atoms with Crippen LogP contribution in [0.25, 0.3) is 0 Å². The molecule has 0 bridgehead atoms. The number of anilines is 1. The summed E-state index contributed by atoms with van der Waals surface area (Å²) in [4.78, 5) is 23.9. The Hall–Kier alpha value is -2.89. The number of esters is 1. The zero-order valence-corrected chi connectivity index (χ0v) is 13.0. The molecule has 6 heteroatoms. The van der Waals surface area contributed by atoms with Gasteiger partial charge in [-0.3, -0.25) is 4.79 Å². The third-order valence-electron chi connectivity index (χ3n) is 3.31. The third-order valence-corrected chi connectivity index (χ3v) is 3.31. The van der Waals surface area contributed by atoms with Crippen molar-refractivity contribution < 1.29 is 23.5 Å².